The molecule has 1 aliphatic heterocycles. The van der Waals surface area contributed by atoms with Crippen LogP contribution in [-0.2, 0) is 6.54 Å². The van der Waals surface area contributed by atoms with Gasteiger partial charge in [-0.25, -0.2) is 0 Å². The zero-order valence-electron chi connectivity index (χ0n) is 10.0. The average molecular weight is 361 g/mol. The highest BCUT2D eigenvalue weighted by Crippen LogP contribution is 2.23. The van der Waals surface area contributed by atoms with Gasteiger partial charge in [0.2, 0.25) is 0 Å². The molecule has 1 aromatic carbocycles. The van der Waals surface area contributed by atoms with Crippen molar-refractivity contribution >= 4 is 31.9 Å². The van der Waals surface area contributed by atoms with Crippen LogP contribution < -0.4 is 0 Å². The fourth-order valence-corrected chi connectivity index (χ4v) is 3.57. The third-order valence-corrected chi connectivity index (χ3v) is 4.42. The molecule has 0 aromatic heterocycles. The van der Waals surface area contributed by atoms with Crippen LogP contribution in [-0.4, -0.2) is 22.8 Å². The van der Waals surface area contributed by atoms with Crippen molar-refractivity contribution in [2.45, 2.75) is 38.3 Å². The highest BCUT2D eigenvalue weighted by molar-refractivity contribution is 9.10. The van der Waals surface area contributed by atoms with Crippen molar-refractivity contribution < 1.29 is 0 Å². The zero-order chi connectivity index (χ0) is 12.1. The van der Waals surface area contributed by atoms with E-state index in [2.05, 4.69) is 61.0 Å². The number of rotatable bonds is 4. The molecule has 0 radical (unpaired) electrons. The lowest BCUT2D eigenvalue weighted by molar-refractivity contribution is 0.137. The molecule has 1 heterocycles. The number of halogens is 2. The lowest BCUT2D eigenvalue weighted by Crippen LogP contribution is -2.39. The predicted octanol–water partition coefficient (Wildman–Crippen LogP) is 4.59. The van der Waals surface area contributed by atoms with E-state index in [0.717, 1.165) is 17.9 Å². The lowest BCUT2D eigenvalue weighted by Gasteiger charge is -2.35. The van der Waals surface area contributed by atoms with Crippen LogP contribution in [0.3, 0.4) is 0 Å². The summed E-state index contributed by atoms with van der Waals surface area (Å²) in [4.78, 5) is 2.65. The molecule has 0 saturated carbocycles. The first-order valence-corrected chi connectivity index (χ1v) is 8.25. The first-order valence-electron chi connectivity index (χ1n) is 6.34. The minimum Gasteiger partial charge on any atom is -0.296 e. The van der Waals surface area contributed by atoms with E-state index in [1.54, 1.807) is 0 Å². The highest BCUT2D eigenvalue weighted by atomic mass is 79.9. The quantitative estimate of drug-likeness (QED) is 0.710. The Balaban J connectivity index is 2.00. The van der Waals surface area contributed by atoms with Gasteiger partial charge in [0.15, 0.2) is 0 Å². The molecule has 0 N–H and O–H groups in total. The summed E-state index contributed by atoms with van der Waals surface area (Å²) >= 11 is 7.12. The molecule has 1 atom stereocenters. The standard InChI is InChI=1S/C14H19Br2N/c15-8-7-14-6-1-2-9-17(14)11-12-4-3-5-13(16)10-12/h3-5,10,14H,1-2,6-9,11H2. The normalized spacial score (nSPS) is 21.6. The molecule has 2 rings (SSSR count). The second kappa shape index (κ2) is 6.91. The predicted molar refractivity (Wildman–Crippen MR) is 80.6 cm³/mol. The van der Waals surface area contributed by atoms with Gasteiger partial charge < -0.3 is 0 Å². The fraction of sp³-hybridized carbons (Fsp3) is 0.571. The summed E-state index contributed by atoms with van der Waals surface area (Å²) in [5, 5.41) is 1.12. The fourth-order valence-electron chi connectivity index (χ4n) is 2.59. The largest absolute Gasteiger partial charge is 0.296 e. The summed E-state index contributed by atoms with van der Waals surface area (Å²) < 4.78 is 1.18. The molecule has 1 unspecified atom stereocenters. The van der Waals surface area contributed by atoms with Crippen molar-refractivity contribution in [3.05, 3.63) is 34.3 Å². The number of benzene rings is 1. The van der Waals surface area contributed by atoms with Crippen molar-refractivity contribution in [3.63, 3.8) is 0 Å². The average Bonchev–Trinajstić information content (AvgIpc) is 2.32. The Morgan fingerprint density at radius 1 is 1.29 bits per heavy atom. The Kier molecular flexibility index (Phi) is 5.51. The van der Waals surface area contributed by atoms with E-state index in [1.165, 1.54) is 42.3 Å². The van der Waals surface area contributed by atoms with Gasteiger partial charge in [-0.3, -0.25) is 4.90 Å². The molecular formula is C14H19Br2N. The number of likely N-dealkylation sites (tertiary alicyclic amines) is 1. The van der Waals surface area contributed by atoms with Gasteiger partial charge in [0.05, 0.1) is 0 Å². The summed E-state index contributed by atoms with van der Waals surface area (Å²) in [5.74, 6) is 0. The molecular weight excluding hydrogens is 342 g/mol. The Hall–Kier alpha value is 0.140. The van der Waals surface area contributed by atoms with Crippen molar-refractivity contribution in [2.75, 3.05) is 11.9 Å². The second-order valence-electron chi connectivity index (χ2n) is 4.73. The third-order valence-electron chi connectivity index (χ3n) is 3.47. The first kappa shape index (κ1) is 13.6. The topological polar surface area (TPSA) is 3.24 Å². The van der Waals surface area contributed by atoms with Gasteiger partial charge in [-0.1, -0.05) is 50.4 Å². The molecule has 94 valence electrons. The van der Waals surface area contributed by atoms with Gasteiger partial charge in [-0.15, -0.1) is 0 Å². The number of piperidine rings is 1. The van der Waals surface area contributed by atoms with Crippen LogP contribution in [0.15, 0.2) is 28.7 Å². The molecule has 3 heteroatoms. The molecule has 0 aliphatic carbocycles. The van der Waals surface area contributed by atoms with E-state index < -0.39 is 0 Å². The molecule has 0 bridgehead atoms. The van der Waals surface area contributed by atoms with Gasteiger partial charge >= 0.3 is 0 Å². The lowest BCUT2D eigenvalue weighted by atomic mass is 9.99. The van der Waals surface area contributed by atoms with Crippen LogP contribution in [0, 0.1) is 0 Å². The van der Waals surface area contributed by atoms with Crippen molar-refractivity contribution in [1.29, 1.82) is 0 Å². The first-order chi connectivity index (χ1) is 8.29. The maximum atomic E-state index is 3.58. The van der Waals surface area contributed by atoms with E-state index in [0.29, 0.717) is 0 Å². The van der Waals surface area contributed by atoms with Crippen LogP contribution in [0.2, 0.25) is 0 Å². The number of alkyl halides is 1. The summed E-state index contributed by atoms with van der Waals surface area (Å²) in [6, 6.07) is 9.45. The van der Waals surface area contributed by atoms with Crippen molar-refractivity contribution in [3.8, 4) is 0 Å². The maximum Gasteiger partial charge on any atom is 0.0237 e. The number of nitrogens with zero attached hydrogens (tertiary/aromatic N) is 1. The number of hydrogen-bond acceptors (Lipinski definition) is 1. The Morgan fingerprint density at radius 2 is 2.18 bits per heavy atom. The zero-order valence-corrected chi connectivity index (χ0v) is 13.2. The summed E-state index contributed by atoms with van der Waals surface area (Å²) in [7, 11) is 0. The molecule has 0 amide bonds. The Labute approximate surface area is 121 Å². The van der Waals surface area contributed by atoms with Gasteiger partial charge in [-0.2, -0.15) is 0 Å². The van der Waals surface area contributed by atoms with Crippen LogP contribution in [0.25, 0.3) is 0 Å². The monoisotopic (exact) mass is 359 g/mol. The molecule has 1 fully saturated rings. The summed E-state index contributed by atoms with van der Waals surface area (Å²) in [5.41, 5.74) is 1.42. The maximum absolute atomic E-state index is 3.58. The summed E-state index contributed by atoms with van der Waals surface area (Å²) in [6.45, 7) is 2.35. The minimum absolute atomic E-state index is 0.766. The number of hydrogen-bond donors (Lipinski definition) is 0. The van der Waals surface area contributed by atoms with E-state index >= 15 is 0 Å². The van der Waals surface area contributed by atoms with Gasteiger partial charge in [0.1, 0.15) is 0 Å². The third kappa shape index (κ3) is 4.08. The van der Waals surface area contributed by atoms with Crippen LogP contribution in [0.5, 0.6) is 0 Å². The Morgan fingerprint density at radius 3 is 2.94 bits per heavy atom. The van der Waals surface area contributed by atoms with Crippen molar-refractivity contribution in [2.24, 2.45) is 0 Å². The van der Waals surface area contributed by atoms with Gasteiger partial charge in [-0.05, 0) is 43.5 Å². The van der Waals surface area contributed by atoms with Crippen LogP contribution >= 0.6 is 31.9 Å². The Bertz CT molecular complexity index is 352. The molecule has 17 heavy (non-hydrogen) atoms. The van der Waals surface area contributed by atoms with Gasteiger partial charge in [0.25, 0.3) is 0 Å². The molecule has 1 aliphatic rings. The van der Waals surface area contributed by atoms with E-state index in [1.807, 2.05) is 0 Å². The van der Waals surface area contributed by atoms with E-state index in [4.69, 9.17) is 0 Å². The molecule has 0 spiro atoms. The molecule has 1 saturated heterocycles. The van der Waals surface area contributed by atoms with Gasteiger partial charge in [0, 0.05) is 22.4 Å². The van der Waals surface area contributed by atoms with Crippen molar-refractivity contribution in [1.82, 2.24) is 4.90 Å². The van der Waals surface area contributed by atoms with E-state index in [9.17, 15) is 0 Å². The summed E-state index contributed by atoms with van der Waals surface area (Å²) in [6.07, 6.45) is 5.38. The molecule has 1 nitrogen and oxygen atoms in total. The van der Waals surface area contributed by atoms with E-state index in [-0.39, 0.29) is 0 Å². The van der Waals surface area contributed by atoms with Crippen LogP contribution in [0.1, 0.15) is 31.2 Å². The SMILES string of the molecule is BrCCC1CCCCN1Cc1cccc(Br)c1. The second-order valence-corrected chi connectivity index (χ2v) is 6.44. The highest BCUT2D eigenvalue weighted by Gasteiger charge is 2.21. The molecule has 1 aromatic rings. The smallest absolute Gasteiger partial charge is 0.0237 e. The van der Waals surface area contributed by atoms with Crippen LogP contribution in [0.4, 0.5) is 0 Å². The minimum atomic E-state index is 0.766.